The van der Waals surface area contributed by atoms with Crippen molar-refractivity contribution in [2.45, 2.75) is 4.21 Å². The van der Waals surface area contributed by atoms with Gasteiger partial charge in [0, 0.05) is 12.7 Å². The lowest BCUT2D eigenvalue weighted by molar-refractivity contribution is 0.0797. The Balaban J connectivity index is 1.93. The highest BCUT2D eigenvalue weighted by Gasteiger charge is 2.23. The van der Waals surface area contributed by atoms with Gasteiger partial charge in [0.1, 0.15) is 16.6 Å². The number of hydrogen-bond acceptors (Lipinski definition) is 5. The minimum absolute atomic E-state index is 0.108. The number of halogens is 1. The summed E-state index contributed by atoms with van der Waals surface area (Å²) in [6, 6.07) is 7.58. The third kappa shape index (κ3) is 3.29. The molecule has 9 heteroatoms. The summed E-state index contributed by atoms with van der Waals surface area (Å²) in [5.74, 6) is 0.235. The molecule has 0 saturated heterocycles. The fraction of sp³-hybridized carbons (Fsp3) is 0.214. The van der Waals surface area contributed by atoms with E-state index in [-0.39, 0.29) is 10.1 Å². The van der Waals surface area contributed by atoms with Gasteiger partial charge in [0.15, 0.2) is 0 Å². The highest BCUT2D eigenvalue weighted by atomic mass is 35.5. The van der Waals surface area contributed by atoms with Crippen LogP contribution >= 0.6 is 22.9 Å². The lowest BCUT2D eigenvalue weighted by Gasteiger charge is -2.13. The summed E-state index contributed by atoms with van der Waals surface area (Å²) in [5.41, 5.74) is 0.620. The molecule has 23 heavy (non-hydrogen) atoms. The Morgan fingerprint density at radius 2 is 2.09 bits per heavy atom. The van der Waals surface area contributed by atoms with Crippen molar-refractivity contribution < 1.29 is 17.9 Å². The van der Waals surface area contributed by atoms with Gasteiger partial charge in [-0.1, -0.05) is 11.6 Å². The standard InChI is InChI=1S/C14H13ClN2O4S2/c1-17-6-7-21-11-3-2-9(8-10(11)14(17)18)16-23(19,20)13-5-4-12(15)22-13/h2-5,8,16H,6-7H2,1H3. The van der Waals surface area contributed by atoms with Crippen LogP contribution in [0.25, 0.3) is 0 Å². The number of carbonyl (C=O) groups excluding carboxylic acids is 1. The van der Waals surface area contributed by atoms with Gasteiger partial charge >= 0.3 is 0 Å². The van der Waals surface area contributed by atoms with Gasteiger partial charge in [0.25, 0.3) is 15.9 Å². The number of anilines is 1. The fourth-order valence-electron chi connectivity index (χ4n) is 2.13. The zero-order valence-corrected chi connectivity index (χ0v) is 14.5. The fourth-order valence-corrected chi connectivity index (χ4v) is 4.67. The van der Waals surface area contributed by atoms with E-state index in [4.69, 9.17) is 16.3 Å². The van der Waals surface area contributed by atoms with E-state index in [2.05, 4.69) is 4.72 Å². The van der Waals surface area contributed by atoms with Crippen molar-refractivity contribution in [2.75, 3.05) is 24.9 Å². The van der Waals surface area contributed by atoms with Gasteiger partial charge in [0.2, 0.25) is 0 Å². The molecule has 0 aliphatic carbocycles. The Morgan fingerprint density at radius 3 is 2.78 bits per heavy atom. The quantitative estimate of drug-likeness (QED) is 0.898. The summed E-state index contributed by atoms with van der Waals surface area (Å²) in [6.45, 7) is 0.871. The molecule has 1 aliphatic heterocycles. The van der Waals surface area contributed by atoms with Gasteiger partial charge < -0.3 is 9.64 Å². The number of fused-ring (bicyclic) bond motifs is 1. The second-order valence-corrected chi connectivity index (χ2v) is 8.57. The number of benzene rings is 1. The van der Waals surface area contributed by atoms with Gasteiger partial charge in [-0.25, -0.2) is 8.42 Å². The maximum Gasteiger partial charge on any atom is 0.271 e. The van der Waals surface area contributed by atoms with E-state index < -0.39 is 10.0 Å². The second-order valence-electron chi connectivity index (χ2n) is 4.95. The lowest BCUT2D eigenvalue weighted by Crippen LogP contribution is -2.27. The van der Waals surface area contributed by atoms with Crippen LogP contribution in [0.3, 0.4) is 0 Å². The molecule has 1 amide bonds. The third-order valence-corrected chi connectivity index (χ3v) is 6.41. The van der Waals surface area contributed by atoms with Crippen molar-refractivity contribution in [3.05, 3.63) is 40.2 Å². The Bertz CT molecular complexity index is 863. The summed E-state index contributed by atoms with van der Waals surface area (Å²) >= 11 is 6.74. The molecule has 0 spiro atoms. The summed E-state index contributed by atoms with van der Waals surface area (Å²) < 4.78 is 33.1. The molecule has 1 aromatic carbocycles. The van der Waals surface area contributed by atoms with Crippen molar-refractivity contribution in [3.63, 3.8) is 0 Å². The average Bonchev–Trinajstić information content (AvgIpc) is 2.89. The Morgan fingerprint density at radius 1 is 1.30 bits per heavy atom. The van der Waals surface area contributed by atoms with Crippen molar-refractivity contribution in [1.82, 2.24) is 4.90 Å². The van der Waals surface area contributed by atoms with Gasteiger partial charge in [-0.15, -0.1) is 11.3 Å². The monoisotopic (exact) mass is 372 g/mol. The molecule has 0 saturated carbocycles. The smallest absolute Gasteiger partial charge is 0.271 e. The molecule has 1 aromatic heterocycles. The number of thiophene rings is 1. The van der Waals surface area contributed by atoms with E-state index in [0.29, 0.717) is 34.5 Å². The number of nitrogens with one attached hydrogen (secondary N) is 1. The van der Waals surface area contributed by atoms with Crippen LogP contribution in [0.2, 0.25) is 4.34 Å². The van der Waals surface area contributed by atoms with Crippen LogP contribution in [-0.2, 0) is 10.0 Å². The number of rotatable bonds is 3. The predicted molar refractivity (Wildman–Crippen MR) is 89.0 cm³/mol. The topological polar surface area (TPSA) is 75.7 Å². The third-order valence-electron chi connectivity index (χ3n) is 3.31. The summed E-state index contributed by atoms with van der Waals surface area (Å²) in [6.07, 6.45) is 0. The number of sulfonamides is 1. The summed E-state index contributed by atoms with van der Waals surface area (Å²) in [4.78, 5) is 13.8. The number of likely N-dealkylation sites (N-methyl/N-ethyl adjacent to an activating group) is 1. The molecule has 0 atom stereocenters. The molecule has 6 nitrogen and oxygen atoms in total. The molecule has 2 aromatic rings. The first-order chi connectivity index (χ1) is 10.9. The first kappa shape index (κ1) is 16.1. The van der Waals surface area contributed by atoms with Crippen molar-refractivity contribution in [1.29, 1.82) is 0 Å². The molecule has 0 unspecified atom stereocenters. The highest BCUT2D eigenvalue weighted by molar-refractivity contribution is 7.94. The number of carbonyl (C=O) groups is 1. The number of amides is 1. The van der Waals surface area contributed by atoms with Crippen LogP contribution < -0.4 is 9.46 Å². The second kappa shape index (κ2) is 6.03. The molecule has 0 fully saturated rings. The molecule has 0 radical (unpaired) electrons. The van der Waals surface area contributed by atoms with Gasteiger partial charge in [-0.3, -0.25) is 9.52 Å². The Labute approximate surface area is 142 Å². The number of nitrogens with zero attached hydrogens (tertiary/aromatic N) is 1. The minimum atomic E-state index is -3.74. The predicted octanol–water partition coefficient (Wildman–Crippen LogP) is 2.67. The molecular weight excluding hydrogens is 360 g/mol. The van der Waals surface area contributed by atoms with Crippen LogP contribution in [0, 0.1) is 0 Å². The first-order valence-electron chi connectivity index (χ1n) is 6.67. The lowest BCUT2D eigenvalue weighted by atomic mass is 10.1. The van der Waals surface area contributed by atoms with Crippen molar-refractivity contribution in [3.8, 4) is 5.75 Å². The Kier molecular flexibility index (Phi) is 4.22. The maximum atomic E-state index is 12.3. The van der Waals surface area contributed by atoms with Crippen LogP contribution in [0.1, 0.15) is 10.4 Å². The van der Waals surface area contributed by atoms with Crippen molar-refractivity contribution in [2.24, 2.45) is 0 Å². The molecule has 1 N–H and O–H groups in total. The van der Waals surface area contributed by atoms with E-state index >= 15 is 0 Å². The normalized spacial score (nSPS) is 14.9. The van der Waals surface area contributed by atoms with E-state index in [1.165, 1.54) is 23.1 Å². The van der Waals surface area contributed by atoms with Gasteiger partial charge in [-0.05, 0) is 30.3 Å². The zero-order chi connectivity index (χ0) is 16.6. The molecule has 1 aliphatic rings. The Hall–Kier alpha value is -1.77. The SMILES string of the molecule is CN1CCOc2ccc(NS(=O)(=O)c3ccc(Cl)s3)cc2C1=O. The molecule has 122 valence electrons. The molecular formula is C14H13ClN2O4S2. The van der Waals surface area contributed by atoms with Crippen LogP contribution in [0.15, 0.2) is 34.5 Å². The minimum Gasteiger partial charge on any atom is -0.491 e. The zero-order valence-electron chi connectivity index (χ0n) is 12.1. The van der Waals surface area contributed by atoms with Crippen LogP contribution in [0.5, 0.6) is 5.75 Å². The van der Waals surface area contributed by atoms with Crippen molar-refractivity contribution >= 4 is 44.6 Å². The average molecular weight is 373 g/mol. The van der Waals surface area contributed by atoms with E-state index in [1.807, 2.05) is 0 Å². The molecule has 2 heterocycles. The largest absolute Gasteiger partial charge is 0.491 e. The summed E-state index contributed by atoms with van der Waals surface area (Å²) in [5, 5.41) is 0. The number of ether oxygens (including phenoxy) is 1. The molecule has 3 rings (SSSR count). The highest BCUT2D eigenvalue weighted by Crippen LogP contribution is 2.30. The van der Waals surface area contributed by atoms with Gasteiger partial charge in [-0.2, -0.15) is 0 Å². The van der Waals surface area contributed by atoms with Gasteiger partial charge in [0.05, 0.1) is 16.4 Å². The maximum absolute atomic E-state index is 12.3. The first-order valence-corrected chi connectivity index (χ1v) is 9.35. The molecule has 0 bridgehead atoms. The van der Waals surface area contributed by atoms with Crippen LogP contribution in [-0.4, -0.2) is 39.4 Å². The van der Waals surface area contributed by atoms with E-state index in [1.54, 1.807) is 19.2 Å². The summed E-state index contributed by atoms with van der Waals surface area (Å²) in [7, 11) is -2.07. The van der Waals surface area contributed by atoms with E-state index in [0.717, 1.165) is 11.3 Å². The van der Waals surface area contributed by atoms with Crippen LogP contribution in [0.4, 0.5) is 5.69 Å². The van der Waals surface area contributed by atoms with E-state index in [9.17, 15) is 13.2 Å². The number of hydrogen-bond donors (Lipinski definition) is 1.